The maximum absolute atomic E-state index is 12.9. The second-order valence-electron chi connectivity index (χ2n) is 8.84. The third-order valence-corrected chi connectivity index (χ3v) is 6.70. The summed E-state index contributed by atoms with van der Waals surface area (Å²) in [5, 5.41) is 0.596. The predicted molar refractivity (Wildman–Crippen MR) is 137 cm³/mol. The zero-order chi connectivity index (χ0) is 23.5. The molecule has 0 aliphatic carbocycles. The lowest BCUT2D eigenvalue weighted by atomic mass is 10.1. The molecule has 0 unspecified atom stereocenters. The molecule has 1 saturated heterocycles. The van der Waals surface area contributed by atoms with Crippen LogP contribution >= 0.6 is 11.6 Å². The van der Waals surface area contributed by atoms with Crippen molar-refractivity contribution in [3.63, 3.8) is 0 Å². The Morgan fingerprint density at radius 3 is 2.59 bits per heavy atom. The van der Waals surface area contributed by atoms with Gasteiger partial charge in [-0.05, 0) is 56.2 Å². The van der Waals surface area contributed by atoms with Gasteiger partial charge in [-0.3, -0.25) is 4.79 Å². The van der Waals surface area contributed by atoms with Crippen LogP contribution in [0, 0.1) is 6.92 Å². The Labute approximate surface area is 204 Å². The number of rotatable bonds is 8. The molecular weight excluding hydrogens is 446 g/mol. The molecule has 1 fully saturated rings. The molecule has 6 heteroatoms. The van der Waals surface area contributed by atoms with Crippen LogP contribution in [0.1, 0.15) is 36.6 Å². The first-order chi connectivity index (χ1) is 16.6. The lowest BCUT2D eigenvalue weighted by Crippen LogP contribution is -2.24. The summed E-state index contributed by atoms with van der Waals surface area (Å²) in [4.78, 5) is 19.7. The number of carbonyl (C=O) groups excluding carboxylic acids is 1. The molecule has 2 heterocycles. The number of ether oxygens (including phenoxy) is 1. The molecule has 1 aliphatic rings. The minimum Gasteiger partial charge on any atom is -0.494 e. The van der Waals surface area contributed by atoms with Crippen LogP contribution in [-0.4, -0.2) is 28.6 Å². The normalized spacial score (nSPS) is 15.9. The fourth-order valence-electron chi connectivity index (χ4n) is 4.62. The number of hydrogen-bond donors (Lipinski definition) is 0. The van der Waals surface area contributed by atoms with E-state index in [1.165, 1.54) is 5.56 Å². The van der Waals surface area contributed by atoms with Gasteiger partial charge in [0, 0.05) is 25.4 Å². The van der Waals surface area contributed by atoms with E-state index in [0.29, 0.717) is 24.6 Å². The Kier molecular flexibility index (Phi) is 6.54. The van der Waals surface area contributed by atoms with Crippen LogP contribution in [0.3, 0.4) is 0 Å². The van der Waals surface area contributed by atoms with E-state index in [-0.39, 0.29) is 11.8 Å². The van der Waals surface area contributed by atoms with Crippen molar-refractivity contribution in [2.24, 2.45) is 0 Å². The molecule has 1 amide bonds. The van der Waals surface area contributed by atoms with Crippen molar-refractivity contribution >= 4 is 34.2 Å². The second kappa shape index (κ2) is 9.90. The predicted octanol–water partition coefficient (Wildman–Crippen LogP) is 6.38. The topological polar surface area (TPSA) is 47.4 Å². The Hall–Kier alpha value is -3.31. The van der Waals surface area contributed by atoms with E-state index in [9.17, 15) is 4.79 Å². The zero-order valence-electron chi connectivity index (χ0n) is 19.3. The Balaban J connectivity index is 1.30. The van der Waals surface area contributed by atoms with E-state index >= 15 is 0 Å². The summed E-state index contributed by atoms with van der Waals surface area (Å²) in [6.07, 6.45) is 2.34. The van der Waals surface area contributed by atoms with Gasteiger partial charge in [-0.25, -0.2) is 4.98 Å². The number of anilines is 1. The average molecular weight is 474 g/mol. The molecule has 0 spiro atoms. The van der Waals surface area contributed by atoms with Crippen molar-refractivity contribution < 1.29 is 9.53 Å². The summed E-state index contributed by atoms with van der Waals surface area (Å²) >= 11 is 6.38. The molecule has 5 nitrogen and oxygen atoms in total. The highest BCUT2D eigenvalue weighted by Crippen LogP contribution is 2.36. The number of aryl methyl sites for hydroxylation is 2. The highest BCUT2D eigenvalue weighted by molar-refractivity contribution is 6.33. The summed E-state index contributed by atoms with van der Waals surface area (Å²) in [6, 6.07) is 23.9. The van der Waals surface area contributed by atoms with Crippen molar-refractivity contribution in [3.05, 3.63) is 89.2 Å². The van der Waals surface area contributed by atoms with Crippen molar-refractivity contribution in [1.82, 2.24) is 9.55 Å². The van der Waals surface area contributed by atoms with Crippen molar-refractivity contribution in [3.8, 4) is 5.75 Å². The molecule has 4 aromatic rings. The maximum Gasteiger partial charge on any atom is 0.227 e. The van der Waals surface area contributed by atoms with E-state index in [2.05, 4.69) is 29.7 Å². The van der Waals surface area contributed by atoms with Gasteiger partial charge in [0.2, 0.25) is 5.91 Å². The Bertz CT molecular complexity index is 1300. The van der Waals surface area contributed by atoms with Crippen molar-refractivity contribution in [2.45, 2.75) is 38.6 Å². The molecule has 1 atom stereocenters. The molecule has 0 bridgehead atoms. The summed E-state index contributed by atoms with van der Waals surface area (Å²) < 4.78 is 8.18. The van der Waals surface area contributed by atoms with Crippen LogP contribution in [0.25, 0.3) is 11.0 Å². The number of imidazole rings is 1. The molecule has 0 saturated carbocycles. The minimum absolute atomic E-state index is 0.0278. The SMILES string of the molecule is Cc1ccc(OCCCCn2c([C@H]3CC(=O)N(c4ccccc4Cl)C3)nc3ccccc32)cc1. The van der Waals surface area contributed by atoms with Crippen molar-refractivity contribution in [2.75, 3.05) is 18.1 Å². The number of carbonyl (C=O) groups is 1. The number of amides is 1. The highest BCUT2D eigenvalue weighted by atomic mass is 35.5. The Morgan fingerprint density at radius 1 is 1.00 bits per heavy atom. The fourth-order valence-corrected chi connectivity index (χ4v) is 4.86. The third-order valence-electron chi connectivity index (χ3n) is 6.38. The average Bonchev–Trinajstić information content (AvgIpc) is 3.41. The molecule has 3 aromatic carbocycles. The lowest BCUT2D eigenvalue weighted by molar-refractivity contribution is -0.117. The molecule has 0 N–H and O–H groups in total. The quantitative estimate of drug-likeness (QED) is 0.279. The van der Waals surface area contributed by atoms with Gasteiger partial charge in [0.15, 0.2) is 0 Å². The second-order valence-corrected chi connectivity index (χ2v) is 9.24. The molecule has 0 radical (unpaired) electrons. The number of aromatic nitrogens is 2. The minimum atomic E-state index is 0.0278. The van der Waals surface area contributed by atoms with Gasteiger partial charge in [0.1, 0.15) is 11.6 Å². The number of benzene rings is 3. The van der Waals surface area contributed by atoms with Gasteiger partial charge in [-0.1, -0.05) is 53.6 Å². The van der Waals surface area contributed by atoms with Crippen LogP contribution in [0.2, 0.25) is 5.02 Å². The van der Waals surface area contributed by atoms with Crippen LogP contribution in [-0.2, 0) is 11.3 Å². The molecule has 1 aliphatic heterocycles. The number of nitrogens with zero attached hydrogens (tertiary/aromatic N) is 3. The molecule has 34 heavy (non-hydrogen) atoms. The molecule has 174 valence electrons. The molecular formula is C28H28ClN3O2. The largest absolute Gasteiger partial charge is 0.494 e. The van der Waals surface area contributed by atoms with Gasteiger partial charge in [0.25, 0.3) is 0 Å². The van der Waals surface area contributed by atoms with Crippen LogP contribution in [0.5, 0.6) is 5.75 Å². The summed E-state index contributed by atoms with van der Waals surface area (Å²) in [5.74, 6) is 2.00. The number of halogens is 1. The monoisotopic (exact) mass is 473 g/mol. The number of hydrogen-bond acceptors (Lipinski definition) is 3. The standard InChI is InChI=1S/C28H28ClN3O2/c1-20-12-14-22(15-13-20)34-17-7-6-16-31-26-11-5-3-9-24(26)30-28(31)21-18-27(33)32(19-21)25-10-4-2-8-23(25)29/h2-5,8-15,21H,6-7,16-19H2,1H3/t21-/m0/s1. The van der Waals surface area contributed by atoms with E-state index in [1.54, 1.807) is 4.90 Å². The van der Waals surface area contributed by atoms with E-state index in [4.69, 9.17) is 21.3 Å². The van der Waals surface area contributed by atoms with Gasteiger partial charge >= 0.3 is 0 Å². The Morgan fingerprint density at radius 2 is 1.76 bits per heavy atom. The highest BCUT2D eigenvalue weighted by Gasteiger charge is 2.35. The fraction of sp³-hybridized carbons (Fsp3) is 0.286. The van der Waals surface area contributed by atoms with Gasteiger partial charge in [-0.15, -0.1) is 0 Å². The summed E-state index contributed by atoms with van der Waals surface area (Å²) in [6.45, 7) is 4.17. The van der Waals surface area contributed by atoms with Crippen molar-refractivity contribution in [1.29, 1.82) is 0 Å². The third kappa shape index (κ3) is 4.66. The number of para-hydroxylation sites is 3. The summed E-state index contributed by atoms with van der Waals surface area (Å²) in [5.41, 5.74) is 4.08. The van der Waals surface area contributed by atoms with E-state index < -0.39 is 0 Å². The molecule has 1 aromatic heterocycles. The van der Waals surface area contributed by atoms with Crippen LogP contribution in [0.15, 0.2) is 72.8 Å². The van der Waals surface area contributed by atoms with Crippen LogP contribution in [0.4, 0.5) is 5.69 Å². The maximum atomic E-state index is 12.9. The van der Waals surface area contributed by atoms with E-state index in [1.807, 2.05) is 54.6 Å². The zero-order valence-corrected chi connectivity index (χ0v) is 20.0. The first-order valence-corrected chi connectivity index (χ1v) is 12.2. The first kappa shape index (κ1) is 22.5. The van der Waals surface area contributed by atoms with E-state index in [0.717, 1.165) is 47.7 Å². The van der Waals surface area contributed by atoms with Gasteiger partial charge < -0.3 is 14.2 Å². The van der Waals surface area contributed by atoms with Gasteiger partial charge in [0.05, 0.1) is 28.4 Å². The first-order valence-electron chi connectivity index (χ1n) is 11.8. The molecule has 5 rings (SSSR count). The smallest absolute Gasteiger partial charge is 0.227 e. The van der Waals surface area contributed by atoms with Crippen LogP contribution < -0.4 is 9.64 Å². The number of unbranched alkanes of at least 4 members (excludes halogenated alkanes) is 1. The summed E-state index contributed by atoms with van der Waals surface area (Å²) in [7, 11) is 0. The lowest BCUT2D eigenvalue weighted by Gasteiger charge is -2.18. The number of fused-ring (bicyclic) bond motifs is 1. The van der Waals surface area contributed by atoms with Gasteiger partial charge in [-0.2, -0.15) is 0 Å².